The molecule has 2 aromatic rings. The summed E-state index contributed by atoms with van der Waals surface area (Å²) in [7, 11) is 0. The van der Waals surface area contributed by atoms with Crippen molar-refractivity contribution in [2.75, 3.05) is 0 Å². The van der Waals surface area contributed by atoms with Crippen molar-refractivity contribution in [3.05, 3.63) is 71.8 Å². The normalized spacial score (nSPS) is 9.07. The van der Waals surface area contributed by atoms with Crippen LogP contribution in [0.25, 0.3) is 0 Å². The number of ketones is 1. The molecular formula is C13H12O2. The van der Waals surface area contributed by atoms with Crippen LogP contribution in [0.5, 0.6) is 0 Å². The van der Waals surface area contributed by atoms with E-state index in [1.165, 1.54) is 0 Å². The standard InChI is InChI=1S/C13H10O.H2O/c14-13(11-7-3-1-4-8-11)12-9-5-2-6-10-12;/h1-10H;1H2. The van der Waals surface area contributed by atoms with Gasteiger partial charge in [-0.05, 0) is 0 Å². The predicted molar refractivity (Wildman–Crippen MR) is 59.9 cm³/mol. The van der Waals surface area contributed by atoms with Crippen LogP contribution in [-0.4, -0.2) is 11.3 Å². The van der Waals surface area contributed by atoms with E-state index in [1.807, 2.05) is 60.7 Å². The number of benzene rings is 2. The van der Waals surface area contributed by atoms with E-state index < -0.39 is 0 Å². The maximum absolute atomic E-state index is 11.8. The summed E-state index contributed by atoms with van der Waals surface area (Å²) in [5.74, 6) is 0.0752. The Morgan fingerprint density at radius 2 is 1.00 bits per heavy atom. The molecule has 0 aromatic heterocycles. The average Bonchev–Trinajstić information content (AvgIpc) is 2.30. The molecule has 2 heteroatoms. The van der Waals surface area contributed by atoms with Gasteiger partial charge in [0.2, 0.25) is 0 Å². The van der Waals surface area contributed by atoms with Crippen LogP contribution in [0.4, 0.5) is 0 Å². The Bertz CT molecular complexity index is 379. The van der Waals surface area contributed by atoms with E-state index in [-0.39, 0.29) is 11.3 Å². The van der Waals surface area contributed by atoms with Gasteiger partial charge in [0.1, 0.15) is 0 Å². The smallest absolute Gasteiger partial charge is 0.193 e. The van der Waals surface area contributed by atoms with Gasteiger partial charge >= 0.3 is 0 Å². The minimum absolute atomic E-state index is 0. The highest BCUT2D eigenvalue weighted by molar-refractivity contribution is 6.08. The van der Waals surface area contributed by atoms with Crippen LogP contribution in [0, 0.1) is 0 Å². The number of hydrogen-bond acceptors (Lipinski definition) is 1. The summed E-state index contributed by atoms with van der Waals surface area (Å²) in [4.78, 5) is 11.8. The molecule has 0 fully saturated rings. The lowest BCUT2D eigenvalue weighted by Gasteiger charge is -1.99. The molecule has 0 saturated heterocycles. The largest absolute Gasteiger partial charge is 0.412 e. The molecule has 0 heterocycles. The summed E-state index contributed by atoms with van der Waals surface area (Å²) >= 11 is 0. The molecule has 2 N–H and O–H groups in total. The molecule has 0 aliphatic rings. The lowest BCUT2D eigenvalue weighted by atomic mass is 10.0. The Labute approximate surface area is 88.5 Å². The molecule has 0 unspecified atom stereocenters. The van der Waals surface area contributed by atoms with Crippen LogP contribution in [0.15, 0.2) is 60.7 Å². The fourth-order valence-corrected chi connectivity index (χ4v) is 1.35. The predicted octanol–water partition coefficient (Wildman–Crippen LogP) is 2.09. The Hall–Kier alpha value is -1.93. The van der Waals surface area contributed by atoms with Gasteiger partial charge in [-0.25, -0.2) is 0 Å². The summed E-state index contributed by atoms with van der Waals surface area (Å²) in [6.45, 7) is 0. The van der Waals surface area contributed by atoms with E-state index in [4.69, 9.17) is 0 Å². The fourth-order valence-electron chi connectivity index (χ4n) is 1.35. The van der Waals surface area contributed by atoms with Gasteiger partial charge in [-0.1, -0.05) is 60.7 Å². The molecule has 0 atom stereocenters. The number of hydrogen-bond donors (Lipinski definition) is 0. The van der Waals surface area contributed by atoms with E-state index in [2.05, 4.69) is 0 Å². The minimum Gasteiger partial charge on any atom is -0.412 e. The van der Waals surface area contributed by atoms with Crippen molar-refractivity contribution in [3.63, 3.8) is 0 Å². The molecule has 2 aromatic carbocycles. The van der Waals surface area contributed by atoms with Crippen molar-refractivity contribution >= 4 is 5.78 Å². The molecule has 2 nitrogen and oxygen atoms in total. The van der Waals surface area contributed by atoms with Gasteiger partial charge in [0.05, 0.1) is 0 Å². The number of carbonyl (C=O) groups is 1. The Morgan fingerprint density at radius 3 is 1.33 bits per heavy atom. The first kappa shape index (κ1) is 11.1. The third-order valence-corrected chi connectivity index (χ3v) is 2.07. The van der Waals surface area contributed by atoms with Crippen LogP contribution in [-0.2, 0) is 0 Å². The van der Waals surface area contributed by atoms with E-state index >= 15 is 0 Å². The summed E-state index contributed by atoms with van der Waals surface area (Å²) < 4.78 is 0. The van der Waals surface area contributed by atoms with Crippen LogP contribution < -0.4 is 0 Å². The third-order valence-electron chi connectivity index (χ3n) is 2.07. The first-order valence-electron chi connectivity index (χ1n) is 4.53. The second kappa shape index (κ2) is 5.08. The van der Waals surface area contributed by atoms with Crippen LogP contribution >= 0.6 is 0 Å². The van der Waals surface area contributed by atoms with Crippen LogP contribution in [0.1, 0.15) is 15.9 Å². The van der Waals surface area contributed by atoms with Crippen molar-refractivity contribution in [2.45, 2.75) is 0 Å². The zero-order chi connectivity index (χ0) is 9.80. The summed E-state index contributed by atoms with van der Waals surface area (Å²) in [6, 6.07) is 18.6. The molecule has 0 radical (unpaired) electrons. The van der Waals surface area contributed by atoms with Crippen molar-refractivity contribution in [2.24, 2.45) is 0 Å². The molecular weight excluding hydrogens is 188 g/mol. The van der Waals surface area contributed by atoms with Gasteiger partial charge in [-0.2, -0.15) is 0 Å². The van der Waals surface area contributed by atoms with Gasteiger partial charge in [0.15, 0.2) is 5.78 Å². The number of rotatable bonds is 2. The van der Waals surface area contributed by atoms with Gasteiger partial charge in [0, 0.05) is 11.1 Å². The monoisotopic (exact) mass is 200 g/mol. The second-order valence-corrected chi connectivity index (χ2v) is 3.06. The fraction of sp³-hybridized carbons (Fsp3) is 0. The van der Waals surface area contributed by atoms with Gasteiger partial charge in [-0.3, -0.25) is 4.79 Å². The Morgan fingerprint density at radius 1 is 0.667 bits per heavy atom. The van der Waals surface area contributed by atoms with Gasteiger partial charge in [0.25, 0.3) is 0 Å². The molecule has 0 amide bonds. The van der Waals surface area contributed by atoms with E-state index in [9.17, 15) is 4.79 Å². The topological polar surface area (TPSA) is 48.6 Å². The molecule has 0 bridgehead atoms. The summed E-state index contributed by atoms with van der Waals surface area (Å²) in [6.07, 6.45) is 0. The maximum Gasteiger partial charge on any atom is 0.193 e. The van der Waals surface area contributed by atoms with Crippen molar-refractivity contribution < 1.29 is 10.3 Å². The molecule has 15 heavy (non-hydrogen) atoms. The Kier molecular flexibility index (Phi) is 3.77. The molecule has 76 valence electrons. The highest BCUT2D eigenvalue weighted by atomic mass is 16.1. The highest BCUT2D eigenvalue weighted by Crippen LogP contribution is 2.08. The van der Waals surface area contributed by atoms with Gasteiger partial charge < -0.3 is 5.48 Å². The van der Waals surface area contributed by atoms with Gasteiger partial charge in [-0.15, -0.1) is 0 Å². The van der Waals surface area contributed by atoms with E-state index in [0.29, 0.717) is 0 Å². The van der Waals surface area contributed by atoms with Crippen molar-refractivity contribution in [1.29, 1.82) is 0 Å². The zero-order valence-corrected chi connectivity index (χ0v) is 8.18. The minimum atomic E-state index is 0. The first-order valence-corrected chi connectivity index (χ1v) is 4.53. The quantitative estimate of drug-likeness (QED) is 0.685. The lowest BCUT2D eigenvalue weighted by molar-refractivity contribution is 0.103. The average molecular weight is 200 g/mol. The van der Waals surface area contributed by atoms with E-state index in [1.54, 1.807) is 0 Å². The summed E-state index contributed by atoms with van der Waals surface area (Å²) in [5, 5.41) is 0. The SMILES string of the molecule is O.O=C(c1ccccc1)c1ccccc1. The van der Waals surface area contributed by atoms with Crippen LogP contribution in [0.3, 0.4) is 0 Å². The first-order chi connectivity index (χ1) is 6.88. The molecule has 0 aliphatic heterocycles. The van der Waals surface area contributed by atoms with E-state index in [0.717, 1.165) is 11.1 Å². The number of carbonyl (C=O) groups excluding carboxylic acids is 1. The van der Waals surface area contributed by atoms with Crippen LogP contribution in [0.2, 0.25) is 0 Å². The summed E-state index contributed by atoms with van der Waals surface area (Å²) in [5.41, 5.74) is 1.47. The maximum atomic E-state index is 11.8. The van der Waals surface area contributed by atoms with Crippen molar-refractivity contribution in [1.82, 2.24) is 0 Å². The molecule has 0 aliphatic carbocycles. The third kappa shape index (κ3) is 2.51. The molecule has 0 spiro atoms. The molecule has 0 saturated carbocycles. The zero-order valence-electron chi connectivity index (χ0n) is 8.18. The molecule has 2 rings (SSSR count). The Balaban J connectivity index is 0.00000112. The highest BCUT2D eigenvalue weighted by Gasteiger charge is 2.06. The van der Waals surface area contributed by atoms with Crippen molar-refractivity contribution in [3.8, 4) is 0 Å². The second-order valence-electron chi connectivity index (χ2n) is 3.06. The lowest BCUT2D eigenvalue weighted by Crippen LogP contribution is -1.99.